The summed E-state index contributed by atoms with van der Waals surface area (Å²) in [5.41, 5.74) is 21.2. The summed E-state index contributed by atoms with van der Waals surface area (Å²) in [6.45, 7) is 3.75. The van der Waals surface area contributed by atoms with Gasteiger partial charge in [0.1, 0.15) is 0 Å². The van der Waals surface area contributed by atoms with Gasteiger partial charge in [0, 0.05) is 16.7 Å². The van der Waals surface area contributed by atoms with Gasteiger partial charge in [0.25, 0.3) is 0 Å². The molecule has 0 aliphatic carbocycles. The molecule has 65 heavy (non-hydrogen) atoms. The van der Waals surface area contributed by atoms with E-state index in [2.05, 4.69) is 241 Å². The first kappa shape index (κ1) is 39.8. The Morgan fingerprint density at radius 2 is 0.569 bits per heavy atom. The van der Waals surface area contributed by atoms with Gasteiger partial charge in [-0.05, 0) is 158 Å². The summed E-state index contributed by atoms with van der Waals surface area (Å²) < 4.78 is 0. The van der Waals surface area contributed by atoms with Crippen LogP contribution in [0.1, 0.15) is 19.4 Å². The summed E-state index contributed by atoms with van der Waals surface area (Å²) in [5, 5.41) is 11.8. The number of benzene rings is 10. The first-order valence-electron chi connectivity index (χ1n) is 22.4. The highest BCUT2D eigenvalue weighted by Gasteiger charge is 2.31. The molecule has 10 aromatic rings. The van der Waals surface area contributed by atoms with Gasteiger partial charge in [-0.2, -0.15) is 0 Å². The van der Waals surface area contributed by atoms with Crippen molar-refractivity contribution in [1.29, 1.82) is 0 Å². The lowest BCUT2D eigenvalue weighted by molar-refractivity contribution is 0.0792. The summed E-state index contributed by atoms with van der Waals surface area (Å²) >= 11 is 0. The minimum Gasteiger partial charge on any atom is -0.386 e. The van der Waals surface area contributed by atoms with E-state index in [1.54, 1.807) is 0 Å². The van der Waals surface area contributed by atoms with Crippen molar-refractivity contribution in [2.45, 2.75) is 19.4 Å². The Morgan fingerprint density at radius 1 is 0.262 bits per heavy atom. The fourth-order valence-corrected chi connectivity index (χ4v) is 9.56. The van der Waals surface area contributed by atoms with Gasteiger partial charge in [-0.1, -0.05) is 176 Å². The second-order valence-electron chi connectivity index (χ2n) is 17.5. The van der Waals surface area contributed by atoms with Crippen molar-refractivity contribution in [3.63, 3.8) is 0 Å². The zero-order chi connectivity index (χ0) is 43.9. The van der Waals surface area contributed by atoms with E-state index in [9.17, 15) is 5.11 Å². The average Bonchev–Trinajstić information content (AvgIpc) is 3.49. The summed E-state index contributed by atoms with van der Waals surface area (Å²) in [6.07, 6.45) is 0. The molecule has 1 heterocycles. The van der Waals surface area contributed by atoms with Crippen LogP contribution in [0.25, 0.3) is 89.0 Å². The van der Waals surface area contributed by atoms with Crippen LogP contribution in [-0.2, 0) is 5.60 Å². The molecule has 0 bridgehead atoms. The lowest BCUT2D eigenvalue weighted by atomic mass is 9.89. The van der Waals surface area contributed by atoms with Crippen molar-refractivity contribution < 1.29 is 5.11 Å². The first-order valence-corrected chi connectivity index (χ1v) is 22.4. The van der Waals surface area contributed by atoms with Gasteiger partial charge >= 0.3 is 0 Å². The highest BCUT2D eigenvalue weighted by atomic mass is 16.3. The van der Waals surface area contributed by atoms with Gasteiger partial charge in [-0.3, -0.25) is 0 Å². The lowest BCUT2D eigenvalue weighted by Crippen LogP contribution is -2.21. The predicted molar refractivity (Wildman–Crippen MR) is 273 cm³/mol. The number of anilines is 3. The van der Waals surface area contributed by atoms with Gasteiger partial charge in [-0.15, -0.1) is 0 Å². The zero-order valence-electron chi connectivity index (χ0n) is 36.5. The molecule has 10 aromatic carbocycles. The Morgan fingerprint density at radius 3 is 0.923 bits per heavy atom. The van der Waals surface area contributed by atoms with E-state index >= 15 is 0 Å². The molecule has 0 spiro atoms. The largest absolute Gasteiger partial charge is 0.386 e. The van der Waals surface area contributed by atoms with Crippen molar-refractivity contribution in [3.05, 3.63) is 248 Å². The van der Waals surface area contributed by atoms with Crippen LogP contribution in [0, 0.1) is 0 Å². The minimum absolute atomic E-state index is 0.849. The number of para-hydroxylation sites is 1. The van der Waals surface area contributed by atoms with Crippen LogP contribution in [0.3, 0.4) is 0 Å². The minimum atomic E-state index is -1.10. The van der Waals surface area contributed by atoms with Crippen molar-refractivity contribution in [2.24, 2.45) is 0 Å². The summed E-state index contributed by atoms with van der Waals surface area (Å²) in [4.78, 5) is 2.37. The van der Waals surface area contributed by atoms with Gasteiger partial charge in [0.2, 0.25) is 0 Å². The van der Waals surface area contributed by atoms with Crippen LogP contribution < -0.4 is 4.90 Å². The average molecular weight is 834 g/mol. The topological polar surface area (TPSA) is 23.5 Å². The Hall–Kier alpha value is -8.04. The molecule has 1 aliphatic heterocycles. The van der Waals surface area contributed by atoms with Crippen molar-refractivity contribution in [3.8, 4) is 89.0 Å². The number of hydrogen-bond acceptors (Lipinski definition) is 2. The molecule has 0 saturated heterocycles. The number of aliphatic hydroxyl groups is 1. The smallest absolute Gasteiger partial charge is 0.0860 e. The second kappa shape index (κ2) is 16.6. The van der Waals surface area contributed by atoms with E-state index in [4.69, 9.17) is 0 Å². The number of hydrogen-bond donors (Lipinski definition) is 1. The molecule has 0 fully saturated rings. The van der Waals surface area contributed by atoms with Gasteiger partial charge in [0.05, 0.1) is 22.7 Å². The van der Waals surface area contributed by atoms with Crippen LogP contribution >= 0.6 is 0 Å². The first-order chi connectivity index (χ1) is 31.9. The van der Waals surface area contributed by atoms with E-state index in [1.807, 2.05) is 19.9 Å². The second-order valence-corrected chi connectivity index (χ2v) is 17.5. The highest BCUT2D eigenvalue weighted by Crippen LogP contribution is 2.54. The van der Waals surface area contributed by atoms with Gasteiger partial charge in [0.15, 0.2) is 0 Å². The molecule has 0 atom stereocenters. The highest BCUT2D eigenvalue weighted by molar-refractivity contribution is 6.05. The summed E-state index contributed by atoms with van der Waals surface area (Å²) in [7, 11) is 0. The molecule has 0 amide bonds. The van der Waals surface area contributed by atoms with Crippen LogP contribution in [0.2, 0.25) is 0 Å². The molecule has 0 aromatic heterocycles. The van der Waals surface area contributed by atoms with Gasteiger partial charge < -0.3 is 10.0 Å². The Kier molecular flexibility index (Phi) is 10.1. The van der Waals surface area contributed by atoms with Crippen molar-refractivity contribution in [1.82, 2.24) is 0 Å². The van der Waals surface area contributed by atoms with Gasteiger partial charge in [-0.25, -0.2) is 0 Å². The molecule has 310 valence electrons. The number of nitrogens with zero attached hydrogens (tertiary/aromatic N) is 1. The van der Waals surface area contributed by atoms with E-state index in [-0.39, 0.29) is 0 Å². The maximum absolute atomic E-state index is 11.8. The third-order valence-electron chi connectivity index (χ3n) is 12.7. The van der Waals surface area contributed by atoms with Crippen LogP contribution in [0.5, 0.6) is 0 Å². The number of rotatable bonds is 8. The normalized spacial score (nSPS) is 11.9. The maximum atomic E-state index is 11.8. The van der Waals surface area contributed by atoms with Crippen molar-refractivity contribution >= 4 is 17.1 Å². The van der Waals surface area contributed by atoms with Crippen molar-refractivity contribution in [2.75, 3.05) is 4.90 Å². The van der Waals surface area contributed by atoms with Crippen LogP contribution in [0.15, 0.2) is 243 Å². The zero-order valence-corrected chi connectivity index (χ0v) is 36.5. The van der Waals surface area contributed by atoms with E-state index < -0.39 is 5.60 Å². The molecule has 1 N–H and O–H groups in total. The number of fused-ring (bicyclic) bond motifs is 5. The molecular weight excluding hydrogens is 787 g/mol. The lowest BCUT2D eigenvalue weighted by Gasteiger charge is -2.32. The van der Waals surface area contributed by atoms with Crippen LogP contribution in [0.4, 0.5) is 17.1 Å². The quantitative estimate of drug-likeness (QED) is 0.165. The SMILES string of the molecule is CC(C)(O)c1ccccc1N1c2ccc(-c3cc(-c4ccccc4)cc(-c4ccccc4)c3)cc2-c2ccccc2-c2cc(-c3cc(-c4ccccc4)cc(-c4ccccc4)c3)ccc21. The molecule has 0 radical (unpaired) electrons. The van der Waals surface area contributed by atoms with Crippen LogP contribution in [-0.4, -0.2) is 5.11 Å². The maximum Gasteiger partial charge on any atom is 0.0860 e. The third kappa shape index (κ3) is 7.65. The molecule has 1 aliphatic rings. The molecular formula is C63H47NO. The van der Waals surface area contributed by atoms with E-state index in [0.29, 0.717) is 0 Å². The van der Waals surface area contributed by atoms with E-state index in [1.165, 1.54) is 44.5 Å². The Bertz CT molecular complexity index is 3020. The molecule has 0 unspecified atom stereocenters. The summed E-state index contributed by atoms with van der Waals surface area (Å²) in [5.74, 6) is 0. The van der Waals surface area contributed by atoms with E-state index in [0.717, 1.165) is 67.1 Å². The fraction of sp³-hybridized carbons (Fsp3) is 0.0476. The fourth-order valence-electron chi connectivity index (χ4n) is 9.56. The Balaban J connectivity index is 1.14. The monoisotopic (exact) mass is 833 g/mol. The Labute approximate surface area is 382 Å². The third-order valence-corrected chi connectivity index (χ3v) is 12.7. The predicted octanol–water partition coefficient (Wildman–Crippen LogP) is 17.0. The molecule has 11 rings (SSSR count). The summed E-state index contributed by atoms with van der Waals surface area (Å²) in [6, 6.07) is 87.4. The standard InChI is InChI=1S/C63H47NO/c1-63(2,65)59-29-17-18-30-62(59)64-60-33-31-47(53-37-49(43-19-7-3-8-20-43)35-50(38-53)44-21-9-4-10-22-44)41-57(60)55-27-15-16-28-56(55)58-42-48(32-34-61(58)64)54-39-51(45-23-11-5-12-24-45)36-52(40-54)46-25-13-6-14-26-46/h3-42,65H,1-2H3. The molecule has 2 nitrogen and oxygen atoms in total. The molecule has 0 saturated carbocycles. The molecule has 2 heteroatoms.